The number of nitrogens with one attached hydrogen (secondary N) is 1. The number of benzene rings is 2. The largest absolute Gasteiger partial charge is 0.484 e. The van der Waals surface area contributed by atoms with E-state index >= 15 is 0 Å². The lowest BCUT2D eigenvalue weighted by Gasteiger charge is -2.40. The molecule has 5 nitrogen and oxygen atoms in total. The lowest BCUT2D eigenvalue weighted by Crippen LogP contribution is -2.42. The summed E-state index contributed by atoms with van der Waals surface area (Å²) in [6.45, 7) is 6.24. The number of carbonyl (C=O) groups is 1. The highest BCUT2D eigenvalue weighted by atomic mass is 35.5. The molecule has 1 N–H and O–H groups in total. The maximum atomic E-state index is 11.9. The fourth-order valence-electron chi connectivity index (χ4n) is 3.17. The molecule has 0 spiro atoms. The summed E-state index contributed by atoms with van der Waals surface area (Å²) in [6, 6.07) is 10.7. The molecule has 3 rings (SSSR count). The van der Waals surface area contributed by atoms with Crippen LogP contribution in [0.2, 0.25) is 10.0 Å². The molecule has 0 aliphatic carbocycles. The Balaban J connectivity index is 1.66. The Hall–Kier alpha value is -2.50. The molecule has 152 valence electrons. The number of fused-ring (bicyclic) bond motifs is 1. The average Bonchev–Trinajstić information content (AvgIpc) is 2.66. The van der Waals surface area contributed by atoms with Crippen molar-refractivity contribution in [2.75, 3.05) is 18.6 Å². The van der Waals surface area contributed by atoms with Crippen molar-refractivity contribution in [1.29, 1.82) is 0 Å². The first-order valence-corrected chi connectivity index (χ1v) is 9.90. The van der Waals surface area contributed by atoms with E-state index in [4.69, 9.17) is 27.9 Å². The van der Waals surface area contributed by atoms with Crippen molar-refractivity contribution < 1.29 is 9.53 Å². The monoisotopic (exact) mass is 431 g/mol. The van der Waals surface area contributed by atoms with E-state index in [9.17, 15) is 4.79 Å². The third-order valence-corrected chi connectivity index (χ3v) is 5.49. The Kier molecular flexibility index (Phi) is 6.20. The van der Waals surface area contributed by atoms with Gasteiger partial charge in [-0.3, -0.25) is 4.79 Å². The van der Waals surface area contributed by atoms with Gasteiger partial charge in [-0.25, -0.2) is 5.43 Å². The Morgan fingerprint density at radius 1 is 1.24 bits per heavy atom. The Morgan fingerprint density at radius 2 is 1.93 bits per heavy atom. The molecule has 0 aromatic heterocycles. The number of hydrazone groups is 1. The van der Waals surface area contributed by atoms with Gasteiger partial charge in [0.15, 0.2) is 6.61 Å². The lowest BCUT2D eigenvalue weighted by molar-refractivity contribution is -0.123. The van der Waals surface area contributed by atoms with Crippen molar-refractivity contribution in [3.63, 3.8) is 0 Å². The number of halogens is 2. The van der Waals surface area contributed by atoms with Crippen molar-refractivity contribution in [2.24, 2.45) is 5.10 Å². The molecule has 2 aromatic carbocycles. The molecule has 0 radical (unpaired) electrons. The molecular formula is C22H23Cl2N3O2. The van der Waals surface area contributed by atoms with Gasteiger partial charge in [0.25, 0.3) is 5.91 Å². The topological polar surface area (TPSA) is 53.9 Å². The van der Waals surface area contributed by atoms with E-state index in [-0.39, 0.29) is 18.1 Å². The maximum Gasteiger partial charge on any atom is 0.277 e. The molecule has 0 fully saturated rings. The second kappa shape index (κ2) is 8.47. The zero-order chi connectivity index (χ0) is 21.2. The zero-order valence-corrected chi connectivity index (χ0v) is 18.3. The number of nitrogens with zero attached hydrogens (tertiary/aromatic N) is 2. The smallest absolute Gasteiger partial charge is 0.277 e. The minimum atomic E-state index is -0.372. The van der Waals surface area contributed by atoms with Crippen molar-refractivity contribution >= 4 is 46.6 Å². The number of carbonyl (C=O) groups excluding carboxylic acids is 1. The first kappa shape index (κ1) is 21.2. The van der Waals surface area contributed by atoms with Gasteiger partial charge in [0.1, 0.15) is 5.75 Å². The molecular weight excluding hydrogens is 409 g/mol. The van der Waals surface area contributed by atoms with Crippen molar-refractivity contribution in [3.05, 3.63) is 63.6 Å². The number of allylic oxidation sites excluding steroid dienone is 1. The molecule has 0 saturated heterocycles. The van der Waals surface area contributed by atoms with Crippen molar-refractivity contribution in [2.45, 2.75) is 26.3 Å². The summed E-state index contributed by atoms with van der Waals surface area (Å²) in [4.78, 5) is 14.1. The highest BCUT2D eigenvalue weighted by molar-refractivity contribution is 6.33. The van der Waals surface area contributed by atoms with Crippen LogP contribution in [0, 0.1) is 0 Å². The quantitative estimate of drug-likeness (QED) is 0.525. The fraction of sp³-hybridized carbons (Fsp3) is 0.273. The molecule has 0 saturated carbocycles. The van der Waals surface area contributed by atoms with Crippen LogP contribution in [0.25, 0.3) is 5.57 Å². The van der Waals surface area contributed by atoms with Crippen LogP contribution in [-0.4, -0.2) is 31.3 Å². The molecule has 1 aliphatic heterocycles. The van der Waals surface area contributed by atoms with E-state index < -0.39 is 0 Å². The summed E-state index contributed by atoms with van der Waals surface area (Å²) in [6.07, 6.45) is 3.76. The molecule has 0 atom stereocenters. The number of amides is 1. The third kappa shape index (κ3) is 4.92. The summed E-state index contributed by atoms with van der Waals surface area (Å²) in [5.74, 6) is 0.184. The molecule has 7 heteroatoms. The molecule has 0 unspecified atom stereocenters. The third-order valence-electron chi connectivity index (χ3n) is 4.91. The summed E-state index contributed by atoms with van der Waals surface area (Å²) in [7, 11) is 2.05. The first-order chi connectivity index (χ1) is 13.7. The number of anilines is 1. The van der Waals surface area contributed by atoms with Crippen molar-refractivity contribution in [1.82, 2.24) is 5.43 Å². The number of hydrogen-bond donors (Lipinski definition) is 1. The van der Waals surface area contributed by atoms with E-state index in [0.717, 1.165) is 16.8 Å². The van der Waals surface area contributed by atoms with Crippen LogP contribution in [0.3, 0.4) is 0 Å². The number of ether oxygens (including phenoxy) is 1. The number of rotatable bonds is 5. The molecule has 1 aliphatic rings. The number of hydrogen-bond acceptors (Lipinski definition) is 4. The SMILES string of the molecule is CC1=CC(C)(C)N(C)c2cc(Cl)c(/C=N\NC(=O)COc3ccc(Cl)cc3)cc21. The zero-order valence-electron chi connectivity index (χ0n) is 16.8. The minimum Gasteiger partial charge on any atom is -0.484 e. The van der Waals surface area contributed by atoms with Gasteiger partial charge in [0.05, 0.1) is 16.8 Å². The Bertz CT molecular complexity index is 982. The molecule has 1 heterocycles. The highest BCUT2D eigenvalue weighted by Gasteiger charge is 2.29. The summed E-state index contributed by atoms with van der Waals surface area (Å²) >= 11 is 12.3. The second-order valence-electron chi connectivity index (χ2n) is 7.47. The van der Waals surface area contributed by atoms with E-state index in [1.165, 1.54) is 11.8 Å². The van der Waals surface area contributed by atoms with Gasteiger partial charge >= 0.3 is 0 Å². The first-order valence-electron chi connectivity index (χ1n) is 9.15. The van der Waals surface area contributed by atoms with E-state index in [0.29, 0.717) is 15.8 Å². The van der Waals surface area contributed by atoms with Gasteiger partial charge in [-0.05, 0) is 62.7 Å². The minimum absolute atomic E-state index is 0.0892. The van der Waals surface area contributed by atoms with Gasteiger partial charge < -0.3 is 9.64 Å². The summed E-state index contributed by atoms with van der Waals surface area (Å²) in [5.41, 5.74) is 6.42. The van der Waals surface area contributed by atoms with Gasteiger partial charge in [-0.15, -0.1) is 0 Å². The molecule has 0 bridgehead atoms. The summed E-state index contributed by atoms with van der Waals surface area (Å²) in [5, 5.41) is 5.18. The predicted octanol–water partition coefficient (Wildman–Crippen LogP) is 5.15. The molecule has 29 heavy (non-hydrogen) atoms. The highest BCUT2D eigenvalue weighted by Crippen LogP contribution is 2.40. The van der Waals surface area contributed by atoms with Crippen LogP contribution in [0.4, 0.5) is 5.69 Å². The van der Waals surface area contributed by atoms with Gasteiger partial charge in [-0.2, -0.15) is 5.10 Å². The van der Waals surface area contributed by atoms with E-state index in [1.54, 1.807) is 24.3 Å². The van der Waals surface area contributed by atoms with Crippen LogP contribution < -0.4 is 15.1 Å². The van der Waals surface area contributed by atoms with Gasteiger partial charge in [0.2, 0.25) is 0 Å². The average molecular weight is 432 g/mol. The van der Waals surface area contributed by atoms with Gasteiger partial charge in [-0.1, -0.05) is 29.3 Å². The van der Waals surface area contributed by atoms with Crippen LogP contribution >= 0.6 is 23.2 Å². The Labute approximate surface area is 180 Å². The van der Waals surface area contributed by atoms with Crippen LogP contribution in [-0.2, 0) is 4.79 Å². The van der Waals surface area contributed by atoms with E-state index in [2.05, 4.69) is 42.3 Å². The maximum absolute atomic E-state index is 11.9. The summed E-state index contributed by atoms with van der Waals surface area (Å²) < 4.78 is 5.39. The second-order valence-corrected chi connectivity index (χ2v) is 8.31. The standard InChI is InChI=1S/C22H23Cl2N3O2/c1-14-11-22(2,3)27(4)20-10-19(24)15(9-18(14)20)12-25-26-21(28)13-29-17-7-5-16(23)6-8-17/h5-12H,13H2,1-4H3,(H,26,28)/b25-12-. The van der Waals surface area contributed by atoms with Crippen LogP contribution in [0.15, 0.2) is 47.6 Å². The van der Waals surface area contributed by atoms with E-state index in [1.807, 2.05) is 19.2 Å². The Morgan fingerprint density at radius 3 is 2.62 bits per heavy atom. The van der Waals surface area contributed by atoms with Crippen molar-refractivity contribution in [3.8, 4) is 5.75 Å². The van der Waals surface area contributed by atoms with Crippen LogP contribution in [0.1, 0.15) is 31.9 Å². The predicted molar refractivity (Wildman–Crippen MR) is 120 cm³/mol. The fourth-order valence-corrected chi connectivity index (χ4v) is 3.51. The normalized spacial score (nSPS) is 15.1. The molecule has 1 amide bonds. The molecule has 2 aromatic rings. The van der Waals surface area contributed by atoms with Crippen LogP contribution in [0.5, 0.6) is 5.75 Å². The van der Waals surface area contributed by atoms with Gasteiger partial charge in [0, 0.05) is 28.9 Å². The number of likely N-dealkylation sites (N-methyl/N-ethyl adjacent to an activating group) is 1. The lowest BCUT2D eigenvalue weighted by atomic mass is 9.88.